The van der Waals surface area contributed by atoms with Crippen LogP contribution in [0, 0.1) is 0 Å². The van der Waals surface area contributed by atoms with Crippen molar-refractivity contribution in [3.8, 4) is 0 Å². The number of hydrogen-bond acceptors (Lipinski definition) is 0. The molecule has 0 atom stereocenters. The molecule has 0 aliphatic carbocycles. The normalized spacial score (nSPS) is 0. The van der Waals surface area contributed by atoms with Crippen molar-refractivity contribution < 1.29 is 14.3 Å². The molecule has 7 heavy (non-hydrogen) atoms. The largest absolute Gasteiger partial charge is 2.00 e. The summed E-state index contributed by atoms with van der Waals surface area (Å²) >= 11 is 0. The van der Waals surface area contributed by atoms with Crippen LogP contribution >= 0.6 is 0 Å². The molecular weight excluding hydrogens is 261 g/mol. The van der Waals surface area contributed by atoms with Crippen LogP contribution in [0.5, 0.6) is 0 Å². The van der Waals surface area contributed by atoms with E-state index in [1.807, 2.05) is 0 Å². The first-order valence-electron chi connectivity index (χ1n) is 0. The van der Waals surface area contributed by atoms with E-state index in [4.69, 9.17) is 0 Å². The minimum absolute atomic E-state index is 0. The van der Waals surface area contributed by atoms with Crippen LogP contribution < -0.4 is 0 Å². The second-order valence-corrected chi connectivity index (χ2v) is 0. The van der Waals surface area contributed by atoms with Crippen molar-refractivity contribution >= 4 is 155 Å². The zero-order valence-electron chi connectivity index (χ0n) is 14.7. The Morgan fingerprint density at radius 3 is 0.429 bits per heavy atom. The molecule has 0 aliphatic heterocycles. The van der Waals surface area contributed by atoms with E-state index in [2.05, 4.69) is 0 Å². The van der Waals surface area contributed by atoms with E-state index in [9.17, 15) is 0 Å². The Bertz CT molecular complexity index is 22.7. The Labute approximate surface area is 166 Å². The molecule has 0 bridgehead atoms. The molecule has 0 aromatic carbocycles. The van der Waals surface area contributed by atoms with Gasteiger partial charge in [0.15, 0.2) is 0 Å². The third kappa shape index (κ3) is 35.3. The van der Waals surface area contributed by atoms with Gasteiger partial charge in [-0.25, -0.2) is 0 Å². The van der Waals surface area contributed by atoms with Gasteiger partial charge >= 0.3 is 115 Å². The molecule has 0 fully saturated rings. The molecule has 26 valence electrons. The minimum Gasteiger partial charge on any atom is -1.00 e. The van der Waals surface area contributed by atoms with Gasteiger partial charge in [-0.1, -0.05) is 0 Å². The topological polar surface area (TPSA) is 0 Å². The van der Waals surface area contributed by atoms with Gasteiger partial charge in [-0.2, -0.15) is 0 Å². The second-order valence-electron chi connectivity index (χ2n) is 0. The zero-order chi connectivity index (χ0) is 0. The van der Waals surface area contributed by atoms with Gasteiger partial charge in [0, 0.05) is 39.6 Å². The molecule has 0 rings (SSSR count). The third-order valence-electron chi connectivity index (χ3n) is 0. The maximum absolute atomic E-state index is 0. The van der Waals surface area contributed by atoms with Crippen molar-refractivity contribution in [1.29, 1.82) is 0 Å². The van der Waals surface area contributed by atoms with Gasteiger partial charge in [0.05, 0.1) is 0 Å². The maximum atomic E-state index is 0. The van der Waals surface area contributed by atoms with Gasteiger partial charge in [0.2, 0.25) is 0 Å². The van der Waals surface area contributed by atoms with Gasteiger partial charge in [0.1, 0.15) is 0 Å². The van der Waals surface area contributed by atoms with E-state index in [0.717, 1.165) is 0 Å². The maximum Gasteiger partial charge on any atom is 2.00 e. The molecule has 0 unspecified atom stereocenters. The van der Waals surface area contributed by atoms with Crippen molar-refractivity contribution in [3.63, 3.8) is 0 Å². The van der Waals surface area contributed by atoms with Gasteiger partial charge in [0.25, 0.3) is 0 Å². The molecule has 6 radical (unpaired) electrons. The third-order valence-corrected chi connectivity index (χ3v) is 0. The Kier molecular flexibility index (Phi) is 356. The molecule has 0 nitrogen and oxygen atoms in total. The van der Waals surface area contributed by atoms with E-state index in [1.54, 1.807) is 0 Å². The van der Waals surface area contributed by atoms with Crippen LogP contribution in [0.3, 0.4) is 0 Å². The predicted octanol–water partition coefficient (Wildman–Crippen LogP) is -1.54. The van der Waals surface area contributed by atoms with E-state index >= 15 is 0 Å². The van der Waals surface area contributed by atoms with Crippen LogP contribution in [-0.4, -0.2) is 155 Å². The summed E-state index contributed by atoms with van der Waals surface area (Å²) in [6.07, 6.45) is 0. The molecule has 0 N–H and O–H groups in total. The average molecular weight is 271 g/mol. The van der Waals surface area contributed by atoms with Gasteiger partial charge in [-0.3, -0.25) is 0 Å². The Balaban J connectivity index is 0. The average Bonchev–Trinajstić information content (AvgIpc) is 0. The van der Waals surface area contributed by atoms with E-state index in [1.165, 1.54) is 0 Å². The first-order chi connectivity index (χ1) is 0. The summed E-state index contributed by atoms with van der Waals surface area (Å²) in [5.41, 5.74) is 0. The van der Waals surface area contributed by atoms with Crippen LogP contribution in [-0.2, 0) is 0 Å². The standard InChI is InChI=1S/2Ga.5Mg.10H/q;;5*+2;10*-1. The summed E-state index contributed by atoms with van der Waals surface area (Å²) in [6.45, 7) is 0. The predicted molar refractivity (Wildman–Crippen MR) is 51.4 cm³/mol. The first kappa shape index (κ1) is 57.3. The zero-order valence-corrected chi connectivity index (χ0v) is 16.6. The minimum atomic E-state index is 0. The van der Waals surface area contributed by atoms with Crippen LogP contribution in [0.15, 0.2) is 0 Å². The van der Waals surface area contributed by atoms with Gasteiger partial charge < -0.3 is 14.3 Å². The second kappa shape index (κ2) is 43.5. The number of hydrogen-bond donors (Lipinski definition) is 0. The SMILES string of the molecule is [Ga].[Ga].[H-].[H-].[H-].[H-].[H-].[H-].[H-].[H-].[H-].[H-].[Mg+2].[Mg+2].[Mg+2].[Mg+2].[Mg+2]. The van der Waals surface area contributed by atoms with Gasteiger partial charge in [-0.05, 0) is 0 Å². The molecule has 0 aromatic heterocycles. The Morgan fingerprint density at radius 1 is 0.429 bits per heavy atom. The van der Waals surface area contributed by atoms with Crippen molar-refractivity contribution in [1.82, 2.24) is 0 Å². The fourth-order valence-electron chi connectivity index (χ4n) is 0. The first-order valence-corrected chi connectivity index (χ1v) is 0. The fourth-order valence-corrected chi connectivity index (χ4v) is 0. The van der Waals surface area contributed by atoms with E-state index < -0.39 is 0 Å². The molecule has 0 amide bonds. The molecule has 0 aromatic rings. The van der Waals surface area contributed by atoms with Gasteiger partial charge in [-0.15, -0.1) is 0 Å². The Hall–Kier alpha value is 5.10. The Morgan fingerprint density at radius 2 is 0.429 bits per heavy atom. The summed E-state index contributed by atoms with van der Waals surface area (Å²) < 4.78 is 0. The summed E-state index contributed by atoms with van der Waals surface area (Å²) in [5.74, 6) is 0. The molecule has 0 saturated heterocycles. The smallest absolute Gasteiger partial charge is 1.00 e. The van der Waals surface area contributed by atoms with Crippen LogP contribution in [0.1, 0.15) is 14.3 Å². The summed E-state index contributed by atoms with van der Waals surface area (Å²) in [4.78, 5) is 0. The molecule has 0 heterocycles. The molecule has 7 heteroatoms. The summed E-state index contributed by atoms with van der Waals surface area (Å²) in [7, 11) is 0. The monoisotopic (exact) mass is 268 g/mol. The summed E-state index contributed by atoms with van der Waals surface area (Å²) in [6, 6.07) is 0. The van der Waals surface area contributed by atoms with Crippen LogP contribution in [0.2, 0.25) is 0 Å². The molecular formula is H10Ga2Mg5. The molecule has 0 aliphatic rings. The van der Waals surface area contributed by atoms with E-state index in [0.29, 0.717) is 0 Å². The van der Waals surface area contributed by atoms with Crippen molar-refractivity contribution in [2.75, 3.05) is 0 Å². The number of rotatable bonds is 0. The molecule has 0 spiro atoms. The van der Waals surface area contributed by atoms with Crippen LogP contribution in [0.25, 0.3) is 0 Å². The van der Waals surface area contributed by atoms with Crippen LogP contribution in [0.4, 0.5) is 0 Å². The van der Waals surface area contributed by atoms with Crippen molar-refractivity contribution in [2.24, 2.45) is 0 Å². The summed E-state index contributed by atoms with van der Waals surface area (Å²) in [5, 5.41) is 0. The quantitative estimate of drug-likeness (QED) is 0.468. The fraction of sp³-hybridized carbons (Fsp3) is 0. The van der Waals surface area contributed by atoms with Crippen molar-refractivity contribution in [2.45, 2.75) is 0 Å². The van der Waals surface area contributed by atoms with Crippen molar-refractivity contribution in [3.05, 3.63) is 0 Å². The van der Waals surface area contributed by atoms with E-state index in [-0.39, 0.29) is 169 Å². The molecule has 0 saturated carbocycles.